The molecule has 0 saturated carbocycles. The molecule has 7 nitrogen and oxygen atoms in total. The third-order valence-electron chi connectivity index (χ3n) is 3.96. The second kappa shape index (κ2) is 5.14. The Labute approximate surface area is 117 Å². The van der Waals surface area contributed by atoms with Crippen LogP contribution >= 0.6 is 0 Å². The lowest BCUT2D eigenvalue weighted by atomic mass is 9.96. The van der Waals surface area contributed by atoms with Crippen LogP contribution in [0.3, 0.4) is 0 Å². The lowest BCUT2D eigenvalue weighted by Gasteiger charge is -2.47. The number of hydrogen-bond acceptors (Lipinski definition) is 5. The van der Waals surface area contributed by atoms with Gasteiger partial charge in [0.05, 0.1) is 12.1 Å². The topological polar surface area (TPSA) is 80.5 Å². The van der Waals surface area contributed by atoms with Crippen LogP contribution in [0.25, 0.3) is 0 Å². The van der Waals surface area contributed by atoms with Gasteiger partial charge in [0.25, 0.3) is 0 Å². The van der Waals surface area contributed by atoms with E-state index in [1.54, 1.807) is 0 Å². The number of ether oxygens (including phenoxy) is 1. The summed E-state index contributed by atoms with van der Waals surface area (Å²) in [6.45, 7) is 4.97. The van der Waals surface area contributed by atoms with Gasteiger partial charge in [0.2, 0.25) is 0 Å². The van der Waals surface area contributed by atoms with E-state index in [0.29, 0.717) is 0 Å². The molecule has 20 heavy (non-hydrogen) atoms. The lowest BCUT2D eigenvalue weighted by molar-refractivity contribution is -0.166. The largest absolute Gasteiger partial charge is 0.480 e. The van der Waals surface area contributed by atoms with E-state index in [1.807, 2.05) is 6.92 Å². The zero-order chi connectivity index (χ0) is 14.2. The first-order chi connectivity index (χ1) is 9.56. The summed E-state index contributed by atoms with van der Waals surface area (Å²) < 4.78 is 7.62. The monoisotopic (exact) mass is 280 g/mol. The molecular weight excluding hydrogens is 260 g/mol. The quantitative estimate of drug-likeness (QED) is 0.835. The van der Waals surface area contributed by atoms with E-state index in [4.69, 9.17) is 9.84 Å². The van der Waals surface area contributed by atoms with Crippen molar-refractivity contribution in [3.63, 3.8) is 0 Å². The van der Waals surface area contributed by atoms with E-state index in [-0.39, 0.29) is 12.2 Å². The first kappa shape index (κ1) is 13.5. The Morgan fingerprint density at radius 3 is 2.95 bits per heavy atom. The summed E-state index contributed by atoms with van der Waals surface area (Å²) in [5.74, 6) is 1.19. The fraction of sp³-hybridized carbons (Fsp3) is 0.769. The Hall–Kier alpha value is -1.47. The molecule has 0 radical (unpaired) electrons. The van der Waals surface area contributed by atoms with Gasteiger partial charge in [-0.2, -0.15) is 0 Å². The van der Waals surface area contributed by atoms with Crippen LogP contribution in [0.15, 0.2) is 0 Å². The fourth-order valence-electron chi connectivity index (χ4n) is 3.02. The highest BCUT2D eigenvalue weighted by atomic mass is 16.5. The minimum Gasteiger partial charge on any atom is -0.480 e. The minimum absolute atomic E-state index is 0.231. The first-order valence-corrected chi connectivity index (χ1v) is 7.05. The van der Waals surface area contributed by atoms with Gasteiger partial charge in [0.1, 0.15) is 18.3 Å². The van der Waals surface area contributed by atoms with Gasteiger partial charge >= 0.3 is 5.97 Å². The van der Waals surface area contributed by atoms with E-state index >= 15 is 0 Å². The van der Waals surface area contributed by atoms with Crippen molar-refractivity contribution >= 4 is 5.97 Å². The molecule has 1 saturated heterocycles. The Morgan fingerprint density at radius 2 is 2.20 bits per heavy atom. The maximum Gasteiger partial charge on any atom is 0.329 e. The normalized spacial score (nSPS) is 21.2. The second-order valence-electron chi connectivity index (χ2n) is 5.92. The summed E-state index contributed by atoms with van der Waals surface area (Å²) in [6.07, 6.45) is 3.41. The van der Waals surface area contributed by atoms with Crippen LogP contribution in [0.4, 0.5) is 0 Å². The molecule has 0 aromatic carbocycles. The molecule has 0 bridgehead atoms. The number of aromatic nitrogens is 3. The van der Waals surface area contributed by atoms with Gasteiger partial charge in [0.15, 0.2) is 0 Å². The zero-order valence-electron chi connectivity index (χ0n) is 11.7. The summed E-state index contributed by atoms with van der Waals surface area (Å²) in [5, 5.41) is 17.2. The fourth-order valence-corrected chi connectivity index (χ4v) is 3.02. The Balaban J connectivity index is 1.54. The van der Waals surface area contributed by atoms with Gasteiger partial charge in [-0.1, -0.05) is 0 Å². The number of likely N-dealkylation sites (tertiary alicyclic amines) is 1. The van der Waals surface area contributed by atoms with Crippen LogP contribution in [-0.2, 0) is 29.0 Å². The highest BCUT2D eigenvalue weighted by Crippen LogP contribution is 2.26. The van der Waals surface area contributed by atoms with Crippen LogP contribution in [-0.4, -0.2) is 56.0 Å². The van der Waals surface area contributed by atoms with Crippen LogP contribution in [0, 0.1) is 0 Å². The Bertz CT molecular complexity index is 508. The molecule has 110 valence electrons. The predicted octanol–water partition coefficient (Wildman–Crippen LogP) is 0.290. The smallest absolute Gasteiger partial charge is 0.329 e. The standard InChI is InChI=1S/C13H20N4O3/c1-13(20-7-12(18)19)8-16(9-13)6-11-15-14-10-4-2-3-5-17(10)11/h2-9H2,1H3,(H,18,19). The maximum atomic E-state index is 10.5. The molecule has 3 heterocycles. The summed E-state index contributed by atoms with van der Waals surface area (Å²) >= 11 is 0. The van der Waals surface area contributed by atoms with Crippen molar-refractivity contribution in [2.75, 3.05) is 19.7 Å². The number of fused-ring (bicyclic) bond motifs is 1. The molecule has 1 aromatic heterocycles. The molecular formula is C13H20N4O3. The molecule has 1 aromatic rings. The number of carboxylic acids is 1. The third kappa shape index (κ3) is 2.69. The molecule has 1 N–H and O–H groups in total. The Kier molecular flexibility index (Phi) is 3.47. The van der Waals surface area contributed by atoms with Gasteiger partial charge in [0, 0.05) is 26.1 Å². The summed E-state index contributed by atoms with van der Waals surface area (Å²) in [7, 11) is 0. The molecule has 0 amide bonds. The molecule has 0 unspecified atom stereocenters. The average molecular weight is 280 g/mol. The predicted molar refractivity (Wildman–Crippen MR) is 70.2 cm³/mol. The van der Waals surface area contributed by atoms with E-state index in [9.17, 15) is 4.79 Å². The van der Waals surface area contributed by atoms with Gasteiger partial charge < -0.3 is 14.4 Å². The first-order valence-electron chi connectivity index (χ1n) is 7.05. The highest BCUT2D eigenvalue weighted by molar-refractivity contribution is 5.68. The molecule has 0 aliphatic carbocycles. The molecule has 0 atom stereocenters. The van der Waals surface area contributed by atoms with Crippen molar-refractivity contribution in [1.82, 2.24) is 19.7 Å². The van der Waals surface area contributed by atoms with Crippen molar-refractivity contribution in [2.24, 2.45) is 0 Å². The minimum atomic E-state index is -0.920. The Morgan fingerprint density at radius 1 is 1.40 bits per heavy atom. The average Bonchev–Trinajstić information content (AvgIpc) is 2.78. The number of carbonyl (C=O) groups is 1. The maximum absolute atomic E-state index is 10.5. The van der Waals surface area contributed by atoms with E-state index in [0.717, 1.165) is 44.2 Å². The number of hydrogen-bond donors (Lipinski definition) is 1. The van der Waals surface area contributed by atoms with Crippen molar-refractivity contribution in [1.29, 1.82) is 0 Å². The van der Waals surface area contributed by atoms with Crippen LogP contribution in [0.1, 0.15) is 31.4 Å². The van der Waals surface area contributed by atoms with Crippen LogP contribution in [0.5, 0.6) is 0 Å². The van der Waals surface area contributed by atoms with E-state index < -0.39 is 5.97 Å². The molecule has 2 aliphatic rings. The van der Waals surface area contributed by atoms with Crippen molar-refractivity contribution in [2.45, 2.75) is 44.9 Å². The van der Waals surface area contributed by atoms with Gasteiger partial charge in [-0.3, -0.25) is 4.90 Å². The summed E-state index contributed by atoms with van der Waals surface area (Å²) in [5.41, 5.74) is -0.344. The van der Waals surface area contributed by atoms with E-state index in [2.05, 4.69) is 19.7 Å². The van der Waals surface area contributed by atoms with Crippen molar-refractivity contribution in [3.05, 3.63) is 11.6 Å². The van der Waals surface area contributed by atoms with Gasteiger partial charge in [-0.15, -0.1) is 10.2 Å². The molecule has 1 fully saturated rings. The molecule has 2 aliphatic heterocycles. The number of aryl methyl sites for hydroxylation is 1. The highest BCUT2D eigenvalue weighted by Gasteiger charge is 2.40. The molecule has 7 heteroatoms. The van der Waals surface area contributed by atoms with Gasteiger partial charge in [-0.25, -0.2) is 4.79 Å². The summed E-state index contributed by atoms with van der Waals surface area (Å²) in [6, 6.07) is 0. The summed E-state index contributed by atoms with van der Waals surface area (Å²) in [4.78, 5) is 12.7. The SMILES string of the molecule is CC1(OCC(=O)O)CN(Cc2nnc3n2CCCC3)C1. The zero-order valence-corrected chi connectivity index (χ0v) is 11.7. The molecule has 3 rings (SSSR count). The van der Waals surface area contributed by atoms with E-state index in [1.165, 1.54) is 12.8 Å². The number of carboxylic acid groups (broad SMARTS) is 1. The third-order valence-corrected chi connectivity index (χ3v) is 3.96. The van der Waals surface area contributed by atoms with Gasteiger partial charge in [-0.05, 0) is 19.8 Å². The van der Waals surface area contributed by atoms with Crippen molar-refractivity contribution < 1.29 is 14.6 Å². The van der Waals surface area contributed by atoms with Crippen LogP contribution < -0.4 is 0 Å². The van der Waals surface area contributed by atoms with Crippen molar-refractivity contribution in [3.8, 4) is 0 Å². The van der Waals surface area contributed by atoms with Crippen LogP contribution in [0.2, 0.25) is 0 Å². The number of nitrogens with zero attached hydrogens (tertiary/aromatic N) is 4. The molecule has 0 spiro atoms. The second-order valence-corrected chi connectivity index (χ2v) is 5.92. The number of rotatable bonds is 5. The lowest BCUT2D eigenvalue weighted by Crippen LogP contribution is -2.61. The number of aliphatic carboxylic acids is 1.